The molecule has 1 aromatic heterocycles. The normalized spacial score (nSPS) is 10.8. The molecule has 2 rings (SSSR count). The summed E-state index contributed by atoms with van der Waals surface area (Å²) in [5.41, 5.74) is 0.955. The summed E-state index contributed by atoms with van der Waals surface area (Å²) >= 11 is 0. The first-order valence-electron chi connectivity index (χ1n) is 6.40. The molecule has 0 aliphatic rings. The number of furan rings is 1. The van der Waals surface area contributed by atoms with Gasteiger partial charge in [0.1, 0.15) is 18.2 Å². The monoisotopic (exact) mass is 263 g/mol. The molecule has 0 bridgehead atoms. The molecule has 3 nitrogen and oxygen atoms in total. The molecule has 0 amide bonds. The van der Waals surface area contributed by atoms with E-state index in [-0.39, 0.29) is 5.82 Å². The van der Waals surface area contributed by atoms with E-state index in [2.05, 4.69) is 5.32 Å². The zero-order valence-electron chi connectivity index (χ0n) is 10.8. The first kappa shape index (κ1) is 13.8. The Kier molecular flexibility index (Phi) is 5.59. The van der Waals surface area contributed by atoms with Crippen molar-refractivity contribution in [2.75, 3.05) is 13.2 Å². The van der Waals surface area contributed by atoms with Crippen molar-refractivity contribution in [2.24, 2.45) is 0 Å². The number of ether oxygens (including phenoxy) is 1. The molecule has 102 valence electrons. The van der Waals surface area contributed by atoms with E-state index in [0.717, 1.165) is 24.3 Å². The number of halogens is 1. The Morgan fingerprint density at radius 2 is 2.16 bits per heavy atom. The average molecular weight is 263 g/mol. The number of nitrogens with one attached hydrogen (secondary N) is 1. The summed E-state index contributed by atoms with van der Waals surface area (Å²) in [6.45, 7) is 2.71. The van der Waals surface area contributed by atoms with Gasteiger partial charge in [-0.3, -0.25) is 0 Å². The lowest BCUT2D eigenvalue weighted by Gasteiger charge is -2.05. The van der Waals surface area contributed by atoms with Crippen LogP contribution in [0.4, 0.5) is 4.39 Å². The Balaban J connectivity index is 1.50. The predicted molar refractivity (Wildman–Crippen MR) is 71.1 cm³/mol. The topological polar surface area (TPSA) is 34.4 Å². The molecule has 4 heteroatoms. The second kappa shape index (κ2) is 7.71. The Morgan fingerprint density at radius 3 is 2.95 bits per heavy atom. The van der Waals surface area contributed by atoms with Gasteiger partial charge in [-0.05, 0) is 42.8 Å². The third-order valence-corrected chi connectivity index (χ3v) is 2.68. The Morgan fingerprint density at radius 1 is 1.21 bits per heavy atom. The first-order valence-corrected chi connectivity index (χ1v) is 6.40. The molecule has 0 saturated heterocycles. The maximum absolute atomic E-state index is 12.9. The molecule has 19 heavy (non-hydrogen) atoms. The highest BCUT2D eigenvalue weighted by molar-refractivity contribution is 5.15. The molecule has 0 aliphatic heterocycles. The van der Waals surface area contributed by atoms with Gasteiger partial charge >= 0.3 is 0 Å². The minimum atomic E-state index is -0.193. The Labute approximate surface area is 112 Å². The van der Waals surface area contributed by atoms with Crippen LogP contribution in [0, 0.1) is 5.82 Å². The van der Waals surface area contributed by atoms with E-state index in [0.29, 0.717) is 19.8 Å². The molecular weight excluding hydrogens is 245 g/mol. The van der Waals surface area contributed by atoms with Crippen LogP contribution in [0.2, 0.25) is 0 Å². The summed E-state index contributed by atoms with van der Waals surface area (Å²) in [5.74, 6) is 0.647. The fourth-order valence-electron chi connectivity index (χ4n) is 1.75. The number of hydrogen-bond acceptors (Lipinski definition) is 3. The van der Waals surface area contributed by atoms with Crippen molar-refractivity contribution in [1.82, 2.24) is 5.32 Å². The summed E-state index contributed by atoms with van der Waals surface area (Å²) in [7, 11) is 0. The van der Waals surface area contributed by atoms with Crippen molar-refractivity contribution in [3.05, 3.63) is 59.8 Å². The van der Waals surface area contributed by atoms with Gasteiger partial charge in [0.25, 0.3) is 0 Å². The standard InChI is InChI=1S/C15H18FNO2/c16-14-5-1-4-13(10-14)11-17-7-3-8-18-12-15-6-2-9-19-15/h1-2,4-6,9-10,17H,3,7-8,11-12H2. The SMILES string of the molecule is Fc1cccc(CNCCCOCc2ccco2)c1. The summed E-state index contributed by atoms with van der Waals surface area (Å²) in [6.07, 6.45) is 2.55. The summed E-state index contributed by atoms with van der Waals surface area (Å²) in [4.78, 5) is 0. The van der Waals surface area contributed by atoms with E-state index in [9.17, 15) is 4.39 Å². The van der Waals surface area contributed by atoms with Crippen LogP contribution in [0.3, 0.4) is 0 Å². The fourth-order valence-corrected chi connectivity index (χ4v) is 1.75. The van der Waals surface area contributed by atoms with Crippen LogP contribution < -0.4 is 5.32 Å². The molecule has 0 fully saturated rings. The van der Waals surface area contributed by atoms with Crippen molar-refractivity contribution in [3.8, 4) is 0 Å². The fraction of sp³-hybridized carbons (Fsp3) is 0.333. The van der Waals surface area contributed by atoms with Crippen LogP contribution in [-0.2, 0) is 17.9 Å². The van der Waals surface area contributed by atoms with Crippen molar-refractivity contribution in [3.63, 3.8) is 0 Å². The molecule has 1 aromatic carbocycles. The van der Waals surface area contributed by atoms with Gasteiger partial charge in [-0.1, -0.05) is 12.1 Å². The Bertz CT molecular complexity index is 471. The summed E-state index contributed by atoms with van der Waals surface area (Å²) in [6, 6.07) is 10.4. The van der Waals surface area contributed by atoms with Gasteiger partial charge in [0.05, 0.1) is 6.26 Å². The van der Waals surface area contributed by atoms with E-state index >= 15 is 0 Å². The average Bonchev–Trinajstić information content (AvgIpc) is 2.91. The van der Waals surface area contributed by atoms with Gasteiger partial charge in [0, 0.05) is 13.2 Å². The molecule has 0 atom stereocenters. The van der Waals surface area contributed by atoms with Crippen LogP contribution in [0.25, 0.3) is 0 Å². The van der Waals surface area contributed by atoms with Crippen LogP contribution in [0.15, 0.2) is 47.1 Å². The number of hydrogen-bond donors (Lipinski definition) is 1. The van der Waals surface area contributed by atoms with Crippen molar-refractivity contribution >= 4 is 0 Å². The van der Waals surface area contributed by atoms with Crippen LogP contribution in [0.1, 0.15) is 17.7 Å². The van der Waals surface area contributed by atoms with Gasteiger partial charge in [0.2, 0.25) is 0 Å². The zero-order valence-corrected chi connectivity index (χ0v) is 10.8. The number of benzene rings is 1. The highest BCUT2D eigenvalue weighted by atomic mass is 19.1. The molecule has 0 unspecified atom stereocenters. The van der Waals surface area contributed by atoms with Gasteiger partial charge in [-0.2, -0.15) is 0 Å². The molecule has 0 saturated carbocycles. The second-order valence-corrected chi connectivity index (χ2v) is 4.29. The van der Waals surface area contributed by atoms with Gasteiger partial charge in [0.15, 0.2) is 0 Å². The van der Waals surface area contributed by atoms with Crippen molar-refractivity contribution in [2.45, 2.75) is 19.6 Å². The maximum Gasteiger partial charge on any atom is 0.129 e. The van der Waals surface area contributed by atoms with Gasteiger partial charge in [-0.25, -0.2) is 4.39 Å². The minimum Gasteiger partial charge on any atom is -0.467 e. The third kappa shape index (κ3) is 5.24. The van der Waals surface area contributed by atoms with E-state index in [4.69, 9.17) is 9.15 Å². The van der Waals surface area contributed by atoms with E-state index in [1.54, 1.807) is 18.4 Å². The smallest absolute Gasteiger partial charge is 0.129 e. The van der Waals surface area contributed by atoms with Crippen molar-refractivity contribution in [1.29, 1.82) is 0 Å². The quantitative estimate of drug-likeness (QED) is 0.743. The van der Waals surface area contributed by atoms with Gasteiger partial charge < -0.3 is 14.5 Å². The second-order valence-electron chi connectivity index (χ2n) is 4.29. The molecular formula is C15H18FNO2. The molecule has 1 N–H and O–H groups in total. The van der Waals surface area contributed by atoms with Gasteiger partial charge in [-0.15, -0.1) is 0 Å². The third-order valence-electron chi connectivity index (χ3n) is 2.68. The Hall–Kier alpha value is -1.65. The van der Waals surface area contributed by atoms with Crippen LogP contribution in [0.5, 0.6) is 0 Å². The maximum atomic E-state index is 12.9. The lowest BCUT2D eigenvalue weighted by molar-refractivity contribution is 0.104. The minimum absolute atomic E-state index is 0.193. The van der Waals surface area contributed by atoms with E-state index < -0.39 is 0 Å². The highest BCUT2D eigenvalue weighted by Crippen LogP contribution is 2.03. The molecule has 0 aliphatic carbocycles. The zero-order chi connectivity index (χ0) is 13.3. The predicted octanol–water partition coefficient (Wildman–Crippen LogP) is 3.12. The largest absolute Gasteiger partial charge is 0.467 e. The van der Waals surface area contributed by atoms with Crippen LogP contribution >= 0.6 is 0 Å². The highest BCUT2D eigenvalue weighted by Gasteiger charge is 1.96. The molecule has 2 aromatic rings. The van der Waals surface area contributed by atoms with E-state index in [1.165, 1.54) is 6.07 Å². The van der Waals surface area contributed by atoms with E-state index in [1.807, 2.05) is 18.2 Å². The lowest BCUT2D eigenvalue weighted by atomic mass is 10.2. The lowest BCUT2D eigenvalue weighted by Crippen LogP contribution is -2.16. The first-order chi connectivity index (χ1) is 9.34. The molecule has 0 spiro atoms. The van der Waals surface area contributed by atoms with Crippen LogP contribution in [-0.4, -0.2) is 13.2 Å². The number of rotatable bonds is 8. The molecule has 0 radical (unpaired) electrons. The summed E-state index contributed by atoms with van der Waals surface area (Å²) in [5, 5.41) is 3.25. The molecule has 1 heterocycles. The van der Waals surface area contributed by atoms with Crippen molar-refractivity contribution < 1.29 is 13.5 Å². The summed E-state index contributed by atoms with van der Waals surface area (Å²) < 4.78 is 23.5.